The molecule has 0 aliphatic heterocycles. The third-order valence-corrected chi connectivity index (χ3v) is 3.21. The van der Waals surface area contributed by atoms with Crippen LogP contribution in [0.15, 0.2) is 24.3 Å². The normalized spacial score (nSPS) is 12.1. The highest BCUT2D eigenvalue weighted by Gasteiger charge is 2.21. The molecule has 1 atom stereocenters. The van der Waals surface area contributed by atoms with Crippen LogP contribution >= 0.6 is 0 Å². The van der Waals surface area contributed by atoms with Gasteiger partial charge in [0.2, 0.25) is 0 Å². The van der Waals surface area contributed by atoms with E-state index in [9.17, 15) is 29.1 Å². The Morgan fingerprint density at radius 2 is 1.23 bits per heavy atom. The number of carbonyl (C=O) groups excluding carboxylic acids is 5. The lowest BCUT2D eigenvalue weighted by molar-refractivity contribution is -0.165. The van der Waals surface area contributed by atoms with Crippen molar-refractivity contribution in [1.82, 2.24) is 4.90 Å². The van der Waals surface area contributed by atoms with E-state index in [2.05, 4.69) is 9.47 Å². The number of hydrogen-bond acceptors (Lipinski definition) is 12. The van der Waals surface area contributed by atoms with Gasteiger partial charge in [-0.15, -0.1) is 0 Å². The molecule has 0 rings (SSSR count). The number of likely N-dealkylation sites (N-methyl/N-ethyl adjacent to an activating group) is 1. The molecule has 0 aromatic heterocycles. The minimum Gasteiger partial charge on any atom is -0.466 e. The molecule has 0 aliphatic rings. The van der Waals surface area contributed by atoms with E-state index in [1.807, 2.05) is 0 Å². The molecule has 0 amide bonds. The summed E-state index contributed by atoms with van der Waals surface area (Å²) in [6, 6.07) is 0. The Labute approximate surface area is 179 Å². The van der Waals surface area contributed by atoms with Gasteiger partial charge in [-0.2, -0.15) is 0 Å². The number of carbonyl (C=O) groups is 5. The fourth-order valence-corrected chi connectivity index (χ4v) is 1.88. The average Bonchev–Trinajstić information content (AvgIpc) is 2.70. The summed E-state index contributed by atoms with van der Waals surface area (Å²) in [4.78, 5) is 58.9. The molecule has 0 bridgehead atoms. The minimum absolute atomic E-state index is 0.209. The number of methoxy groups -OCH3 is 2. The van der Waals surface area contributed by atoms with Crippen molar-refractivity contribution in [3.05, 3.63) is 24.3 Å². The first-order valence-corrected chi connectivity index (χ1v) is 8.95. The molecule has 12 nitrogen and oxygen atoms in total. The quantitative estimate of drug-likeness (QED) is 0.205. The Balaban J connectivity index is 4.89. The SMILES string of the molecule is COC(=O)/C=C/C(=O)OCC(COC(=O)/C=C/C(=O)OC)OC(=O)C[C@@H](O)CN(C)C. The summed E-state index contributed by atoms with van der Waals surface area (Å²) in [6.45, 7) is -0.803. The maximum absolute atomic E-state index is 12.0. The third kappa shape index (κ3) is 15.3. The van der Waals surface area contributed by atoms with Crippen LogP contribution < -0.4 is 0 Å². The molecule has 0 saturated carbocycles. The van der Waals surface area contributed by atoms with Gasteiger partial charge in [0.1, 0.15) is 13.2 Å². The van der Waals surface area contributed by atoms with Crippen LogP contribution in [0.1, 0.15) is 6.42 Å². The Kier molecular flexibility index (Phi) is 13.9. The number of hydrogen-bond donors (Lipinski definition) is 1. The standard InChI is InChI=1S/C19H27NO11/c1-20(2)10-13(21)9-19(26)31-14(11-29-17(24)7-5-15(22)27-3)12-30-18(25)8-6-16(23)28-4/h5-8,13-14,21H,9-12H2,1-4H3/b7-5+,8-6+/t13-/m1/s1. The second-order valence-corrected chi connectivity index (χ2v) is 6.21. The monoisotopic (exact) mass is 445 g/mol. The molecule has 0 spiro atoms. The molecule has 0 unspecified atom stereocenters. The molecule has 0 fully saturated rings. The zero-order valence-corrected chi connectivity index (χ0v) is 17.8. The number of rotatable bonds is 13. The molecular formula is C19H27NO11. The highest BCUT2D eigenvalue weighted by Crippen LogP contribution is 2.03. The van der Waals surface area contributed by atoms with Gasteiger partial charge in [-0.05, 0) is 14.1 Å². The summed E-state index contributed by atoms with van der Waals surface area (Å²) in [6.07, 6.45) is 0.718. The first-order chi connectivity index (χ1) is 14.6. The number of ether oxygens (including phenoxy) is 5. The summed E-state index contributed by atoms with van der Waals surface area (Å²) in [5.41, 5.74) is 0. The number of aliphatic hydroxyl groups is 1. The van der Waals surface area contributed by atoms with Crippen molar-refractivity contribution in [2.45, 2.75) is 18.6 Å². The summed E-state index contributed by atoms with van der Waals surface area (Å²) in [7, 11) is 5.67. The van der Waals surface area contributed by atoms with Crippen LogP contribution in [-0.4, -0.2) is 100 Å². The van der Waals surface area contributed by atoms with Gasteiger partial charge < -0.3 is 33.7 Å². The van der Waals surface area contributed by atoms with E-state index < -0.39 is 55.3 Å². The number of aliphatic hydroxyl groups excluding tert-OH is 1. The van der Waals surface area contributed by atoms with Gasteiger partial charge in [0.25, 0.3) is 0 Å². The molecule has 0 saturated heterocycles. The van der Waals surface area contributed by atoms with Crippen LogP contribution in [0.2, 0.25) is 0 Å². The van der Waals surface area contributed by atoms with Crippen molar-refractivity contribution in [3.63, 3.8) is 0 Å². The molecule has 31 heavy (non-hydrogen) atoms. The molecular weight excluding hydrogens is 418 g/mol. The van der Waals surface area contributed by atoms with Crippen LogP contribution in [0.5, 0.6) is 0 Å². The smallest absolute Gasteiger partial charge is 0.331 e. The molecule has 0 aromatic rings. The first-order valence-electron chi connectivity index (χ1n) is 8.95. The van der Waals surface area contributed by atoms with Crippen LogP contribution in [-0.2, 0) is 47.7 Å². The van der Waals surface area contributed by atoms with Crippen LogP contribution in [0.25, 0.3) is 0 Å². The molecule has 0 radical (unpaired) electrons. The fourth-order valence-electron chi connectivity index (χ4n) is 1.88. The van der Waals surface area contributed by atoms with Crippen LogP contribution in [0.3, 0.4) is 0 Å². The topological polar surface area (TPSA) is 155 Å². The summed E-state index contributed by atoms with van der Waals surface area (Å²) in [5, 5.41) is 9.81. The van der Waals surface area contributed by atoms with Crippen LogP contribution in [0.4, 0.5) is 0 Å². The summed E-state index contributed by atoms with van der Waals surface area (Å²) < 4.78 is 23.5. The molecule has 0 aliphatic carbocycles. The van der Waals surface area contributed by atoms with E-state index >= 15 is 0 Å². The van der Waals surface area contributed by atoms with Gasteiger partial charge in [-0.3, -0.25) is 4.79 Å². The van der Waals surface area contributed by atoms with E-state index in [4.69, 9.17) is 14.2 Å². The summed E-state index contributed by atoms with van der Waals surface area (Å²) >= 11 is 0. The van der Waals surface area contributed by atoms with Gasteiger partial charge in [0, 0.05) is 30.8 Å². The lowest BCUT2D eigenvalue weighted by Crippen LogP contribution is -2.33. The highest BCUT2D eigenvalue weighted by molar-refractivity contribution is 5.92. The molecule has 0 heterocycles. The fraction of sp³-hybridized carbons (Fsp3) is 0.526. The average molecular weight is 445 g/mol. The maximum atomic E-state index is 12.0. The van der Waals surface area contributed by atoms with E-state index in [-0.39, 0.29) is 13.0 Å². The maximum Gasteiger partial charge on any atom is 0.331 e. The summed E-state index contributed by atoms with van der Waals surface area (Å²) in [5.74, 6) is -4.24. The lowest BCUT2D eigenvalue weighted by Gasteiger charge is -2.19. The third-order valence-electron chi connectivity index (χ3n) is 3.21. The van der Waals surface area contributed by atoms with Gasteiger partial charge in [-0.1, -0.05) is 0 Å². The van der Waals surface area contributed by atoms with Gasteiger partial charge in [0.05, 0.1) is 26.7 Å². The van der Waals surface area contributed by atoms with Gasteiger partial charge in [-0.25, -0.2) is 19.2 Å². The molecule has 0 aromatic carbocycles. The van der Waals surface area contributed by atoms with Crippen molar-refractivity contribution in [2.24, 2.45) is 0 Å². The number of esters is 5. The highest BCUT2D eigenvalue weighted by atomic mass is 16.6. The Morgan fingerprint density at radius 1 is 0.806 bits per heavy atom. The first kappa shape index (κ1) is 27.8. The minimum atomic E-state index is -1.20. The van der Waals surface area contributed by atoms with Crippen LogP contribution in [0, 0.1) is 0 Å². The molecule has 1 N–H and O–H groups in total. The second kappa shape index (κ2) is 15.6. The lowest BCUT2D eigenvalue weighted by atomic mass is 10.2. The zero-order chi connectivity index (χ0) is 23.8. The van der Waals surface area contributed by atoms with Crippen molar-refractivity contribution >= 4 is 29.8 Å². The largest absolute Gasteiger partial charge is 0.466 e. The van der Waals surface area contributed by atoms with E-state index in [0.717, 1.165) is 38.5 Å². The Hall–Kier alpha value is -3.25. The Bertz CT molecular complexity index is 642. The van der Waals surface area contributed by atoms with Crippen molar-refractivity contribution in [2.75, 3.05) is 48.1 Å². The van der Waals surface area contributed by atoms with E-state index in [1.54, 1.807) is 19.0 Å². The second-order valence-electron chi connectivity index (χ2n) is 6.21. The molecule has 12 heteroatoms. The van der Waals surface area contributed by atoms with E-state index in [1.165, 1.54) is 0 Å². The van der Waals surface area contributed by atoms with Gasteiger partial charge in [0.15, 0.2) is 6.10 Å². The van der Waals surface area contributed by atoms with Gasteiger partial charge >= 0.3 is 29.8 Å². The number of nitrogens with zero attached hydrogens (tertiary/aromatic N) is 1. The Morgan fingerprint density at radius 3 is 1.61 bits per heavy atom. The molecule has 174 valence electrons. The predicted molar refractivity (Wildman–Crippen MR) is 103 cm³/mol. The van der Waals surface area contributed by atoms with E-state index in [0.29, 0.717) is 0 Å². The predicted octanol–water partition coefficient (Wildman–Crippen LogP) is -1.24. The van der Waals surface area contributed by atoms with Crippen molar-refractivity contribution < 1.29 is 52.8 Å². The zero-order valence-electron chi connectivity index (χ0n) is 17.8. The van der Waals surface area contributed by atoms with Crippen molar-refractivity contribution in [3.8, 4) is 0 Å². The van der Waals surface area contributed by atoms with Crippen molar-refractivity contribution in [1.29, 1.82) is 0 Å².